The molecule has 0 aromatic heterocycles. The van der Waals surface area contributed by atoms with Gasteiger partial charge in [0.1, 0.15) is 6.54 Å². The molecule has 2 aliphatic rings. The summed E-state index contributed by atoms with van der Waals surface area (Å²) in [6.07, 6.45) is 2.78. The predicted molar refractivity (Wildman–Crippen MR) is 139 cm³/mol. The second-order valence-electron chi connectivity index (χ2n) is 9.93. The van der Waals surface area contributed by atoms with Crippen LogP contribution in [0, 0.1) is 13.8 Å². The summed E-state index contributed by atoms with van der Waals surface area (Å²) in [4.78, 5) is 41.7. The maximum absolute atomic E-state index is 12.9. The number of amides is 3. The Kier molecular flexibility index (Phi) is 6.34. The van der Waals surface area contributed by atoms with Crippen LogP contribution in [0.2, 0.25) is 0 Å². The van der Waals surface area contributed by atoms with Crippen molar-refractivity contribution in [2.24, 2.45) is 0 Å². The minimum absolute atomic E-state index is 0.0777. The van der Waals surface area contributed by atoms with Crippen molar-refractivity contribution < 1.29 is 14.4 Å². The Morgan fingerprint density at radius 2 is 1.91 bits per heavy atom. The van der Waals surface area contributed by atoms with Gasteiger partial charge in [-0.05, 0) is 92.8 Å². The summed E-state index contributed by atoms with van der Waals surface area (Å²) in [5.41, 5.74) is 6.09. The minimum atomic E-state index is -0.435. The van der Waals surface area contributed by atoms with E-state index in [-0.39, 0.29) is 12.1 Å². The lowest BCUT2D eigenvalue weighted by Crippen LogP contribution is -2.45. The van der Waals surface area contributed by atoms with Gasteiger partial charge in [0.2, 0.25) is 5.91 Å². The van der Waals surface area contributed by atoms with Crippen LogP contribution in [0.3, 0.4) is 0 Å². The molecule has 178 valence electrons. The number of hydrogen-bond acceptors (Lipinski definition) is 5. The van der Waals surface area contributed by atoms with Crippen LogP contribution in [0.15, 0.2) is 41.3 Å². The van der Waals surface area contributed by atoms with E-state index in [2.05, 4.69) is 50.2 Å². The number of nitrogens with one attached hydrogen (secondary N) is 1. The molecule has 34 heavy (non-hydrogen) atoms. The highest BCUT2D eigenvalue weighted by Gasteiger charge is 2.37. The molecule has 1 fully saturated rings. The van der Waals surface area contributed by atoms with E-state index in [9.17, 15) is 14.4 Å². The van der Waals surface area contributed by atoms with E-state index in [1.54, 1.807) is 6.08 Å². The van der Waals surface area contributed by atoms with Crippen LogP contribution in [0.25, 0.3) is 6.08 Å². The number of aryl methyl sites for hydroxylation is 2. The van der Waals surface area contributed by atoms with Crippen molar-refractivity contribution in [3.05, 3.63) is 63.6 Å². The Balaban J connectivity index is 1.50. The Morgan fingerprint density at radius 1 is 1.18 bits per heavy atom. The maximum Gasteiger partial charge on any atom is 0.294 e. The van der Waals surface area contributed by atoms with E-state index < -0.39 is 17.1 Å². The number of fused-ring (bicyclic) bond motifs is 1. The molecule has 0 radical (unpaired) electrons. The molecule has 1 atom stereocenters. The molecule has 2 aromatic rings. The topological polar surface area (TPSA) is 69.7 Å². The van der Waals surface area contributed by atoms with Crippen LogP contribution in [-0.4, -0.2) is 41.1 Å². The van der Waals surface area contributed by atoms with Gasteiger partial charge in [-0.3, -0.25) is 19.3 Å². The third kappa shape index (κ3) is 4.62. The van der Waals surface area contributed by atoms with Crippen molar-refractivity contribution >= 4 is 46.3 Å². The molecule has 1 N–H and O–H groups in total. The number of hydrogen-bond donors (Lipinski definition) is 1. The first-order chi connectivity index (χ1) is 16.0. The molecule has 0 saturated carbocycles. The van der Waals surface area contributed by atoms with E-state index in [4.69, 9.17) is 0 Å². The average Bonchev–Trinajstić information content (AvgIpc) is 3.01. The number of thioether (sulfide) groups is 1. The number of rotatable bonds is 4. The van der Waals surface area contributed by atoms with Gasteiger partial charge in [-0.25, -0.2) is 0 Å². The van der Waals surface area contributed by atoms with Gasteiger partial charge in [0, 0.05) is 24.0 Å². The second kappa shape index (κ2) is 8.95. The quantitative estimate of drug-likeness (QED) is 0.572. The van der Waals surface area contributed by atoms with Crippen LogP contribution in [0.4, 0.5) is 16.2 Å². The first-order valence-electron chi connectivity index (χ1n) is 11.5. The number of carbonyl (C=O) groups is 3. The summed E-state index contributed by atoms with van der Waals surface area (Å²) >= 11 is 0.877. The second-order valence-corrected chi connectivity index (χ2v) is 10.9. The highest BCUT2D eigenvalue weighted by molar-refractivity contribution is 8.18. The number of nitrogens with zero attached hydrogens (tertiary/aromatic N) is 2. The van der Waals surface area contributed by atoms with Crippen molar-refractivity contribution in [3.63, 3.8) is 0 Å². The number of anilines is 2. The Hall–Kier alpha value is -3.06. The van der Waals surface area contributed by atoms with Gasteiger partial charge < -0.3 is 10.2 Å². The van der Waals surface area contributed by atoms with Crippen LogP contribution in [-0.2, 0) is 9.59 Å². The molecular weight excluding hydrogens is 446 g/mol. The Labute approximate surface area is 205 Å². The van der Waals surface area contributed by atoms with Crippen LogP contribution in [0.5, 0.6) is 0 Å². The molecule has 7 heteroatoms. The molecule has 1 unspecified atom stereocenters. The fourth-order valence-electron chi connectivity index (χ4n) is 4.76. The fraction of sp³-hybridized carbons (Fsp3) is 0.370. The molecule has 1 saturated heterocycles. The number of imide groups is 1. The molecular formula is C27H31N3O3S. The van der Waals surface area contributed by atoms with Crippen LogP contribution >= 0.6 is 11.8 Å². The van der Waals surface area contributed by atoms with Crippen molar-refractivity contribution in [1.82, 2.24) is 4.90 Å². The highest BCUT2D eigenvalue weighted by Crippen LogP contribution is 2.43. The molecule has 0 bridgehead atoms. The number of carbonyl (C=O) groups excluding carboxylic acids is 3. The van der Waals surface area contributed by atoms with Crippen LogP contribution in [0.1, 0.15) is 55.4 Å². The van der Waals surface area contributed by atoms with E-state index >= 15 is 0 Å². The van der Waals surface area contributed by atoms with Gasteiger partial charge in [0.05, 0.1) is 4.91 Å². The van der Waals surface area contributed by atoms with Crippen LogP contribution < -0.4 is 10.2 Å². The summed E-state index contributed by atoms with van der Waals surface area (Å²) in [5, 5.41) is 2.37. The van der Waals surface area contributed by atoms with Gasteiger partial charge in [-0.15, -0.1) is 0 Å². The summed E-state index contributed by atoms with van der Waals surface area (Å²) in [6, 6.07) is 11.9. The zero-order chi connectivity index (χ0) is 24.8. The monoisotopic (exact) mass is 477 g/mol. The van der Waals surface area contributed by atoms with E-state index in [1.807, 2.05) is 38.1 Å². The normalized spacial score (nSPS) is 20.6. The Morgan fingerprint density at radius 3 is 2.62 bits per heavy atom. The van der Waals surface area contributed by atoms with Crippen molar-refractivity contribution in [2.75, 3.05) is 23.8 Å². The lowest BCUT2D eigenvalue weighted by Gasteiger charge is -2.45. The maximum atomic E-state index is 12.9. The van der Waals surface area contributed by atoms with Gasteiger partial charge in [0.25, 0.3) is 11.1 Å². The van der Waals surface area contributed by atoms with Crippen molar-refractivity contribution in [3.8, 4) is 0 Å². The molecule has 3 amide bonds. The zero-order valence-corrected chi connectivity index (χ0v) is 21.4. The third-order valence-electron chi connectivity index (χ3n) is 6.79. The number of benzene rings is 2. The summed E-state index contributed by atoms with van der Waals surface area (Å²) in [5.74, 6) is -0.447. The standard InChI is InChI=1S/C27H31N3O3S/c1-16-7-9-21(17(2)11-16)28-24(31)15-30-25(32)23(34-26(30)33)13-19-8-10-22-20(12-19)18(3)14-27(4,5)29(22)6/h7-13,18H,14-15H2,1-6H3,(H,28,31)/b23-13+. The summed E-state index contributed by atoms with van der Waals surface area (Å²) in [6.45, 7) is 10.3. The van der Waals surface area contributed by atoms with Gasteiger partial charge in [0.15, 0.2) is 0 Å². The van der Waals surface area contributed by atoms with E-state index in [1.165, 1.54) is 11.3 Å². The van der Waals surface area contributed by atoms with Crippen molar-refractivity contribution in [1.29, 1.82) is 0 Å². The summed E-state index contributed by atoms with van der Waals surface area (Å²) in [7, 11) is 2.11. The van der Waals surface area contributed by atoms with Gasteiger partial charge in [-0.2, -0.15) is 0 Å². The predicted octanol–water partition coefficient (Wildman–Crippen LogP) is 5.70. The van der Waals surface area contributed by atoms with Gasteiger partial charge in [-0.1, -0.05) is 30.7 Å². The average molecular weight is 478 g/mol. The van der Waals surface area contributed by atoms with Gasteiger partial charge >= 0.3 is 0 Å². The molecule has 2 aliphatic heterocycles. The van der Waals surface area contributed by atoms with Crippen molar-refractivity contribution in [2.45, 2.75) is 52.5 Å². The SMILES string of the molecule is Cc1ccc(NC(=O)CN2C(=O)S/C(=C/c3ccc4c(c3)C(C)CC(C)(C)N4C)C2=O)c(C)c1. The van der Waals surface area contributed by atoms with E-state index in [0.29, 0.717) is 16.5 Å². The zero-order valence-electron chi connectivity index (χ0n) is 20.6. The molecule has 0 aliphatic carbocycles. The largest absolute Gasteiger partial charge is 0.369 e. The Bertz CT molecular complexity index is 1220. The molecule has 2 heterocycles. The van der Waals surface area contributed by atoms with E-state index in [0.717, 1.165) is 39.8 Å². The first kappa shape index (κ1) is 24.1. The lowest BCUT2D eigenvalue weighted by atomic mass is 9.80. The molecule has 2 aromatic carbocycles. The minimum Gasteiger partial charge on any atom is -0.369 e. The lowest BCUT2D eigenvalue weighted by molar-refractivity contribution is -0.127. The third-order valence-corrected chi connectivity index (χ3v) is 7.69. The highest BCUT2D eigenvalue weighted by atomic mass is 32.2. The fourth-order valence-corrected chi connectivity index (χ4v) is 5.60. The first-order valence-corrected chi connectivity index (χ1v) is 12.3. The molecule has 6 nitrogen and oxygen atoms in total. The molecule has 0 spiro atoms. The molecule has 4 rings (SSSR count). The smallest absolute Gasteiger partial charge is 0.294 e. The summed E-state index contributed by atoms with van der Waals surface area (Å²) < 4.78 is 0.